The van der Waals surface area contributed by atoms with Gasteiger partial charge in [0, 0.05) is 12.1 Å². The molecular weight excluding hydrogens is 368 g/mol. The fraction of sp³-hybridized carbons (Fsp3) is 0.391. The van der Waals surface area contributed by atoms with Crippen molar-refractivity contribution in [1.82, 2.24) is 10.2 Å². The SMILES string of the molecule is CCOC(=O)COc1cccc(C(=O)NC[C@@H](c2ccc(CC)cc2)N(C)C)c1. The maximum Gasteiger partial charge on any atom is 0.344 e. The van der Waals surface area contributed by atoms with Crippen LogP contribution in [-0.2, 0) is 16.0 Å². The van der Waals surface area contributed by atoms with Crippen LogP contribution in [0.25, 0.3) is 0 Å². The Morgan fingerprint density at radius 1 is 1.07 bits per heavy atom. The number of aryl methyl sites for hydroxylation is 1. The number of nitrogens with zero attached hydrogens (tertiary/aromatic N) is 1. The normalized spacial score (nSPS) is 11.8. The molecule has 2 rings (SSSR count). The molecule has 0 aliphatic heterocycles. The minimum absolute atomic E-state index is 0.0631. The zero-order chi connectivity index (χ0) is 21.2. The predicted molar refractivity (Wildman–Crippen MR) is 113 cm³/mol. The van der Waals surface area contributed by atoms with E-state index in [1.165, 1.54) is 5.56 Å². The molecule has 1 atom stereocenters. The summed E-state index contributed by atoms with van der Waals surface area (Å²) in [7, 11) is 3.99. The summed E-state index contributed by atoms with van der Waals surface area (Å²) in [5.74, 6) is -0.182. The zero-order valence-electron chi connectivity index (χ0n) is 17.6. The van der Waals surface area contributed by atoms with Gasteiger partial charge >= 0.3 is 5.97 Å². The third-order valence-electron chi connectivity index (χ3n) is 4.61. The summed E-state index contributed by atoms with van der Waals surface area (Å²) in [4.78, 5) is 26.1. The Hall–Kier alpha value is -2.86. The summed E-state index contributed by atoms with van der Waals surface area (Å²) in [6.45, 7) is 4.46. The van der Waals surface area contributed by atoms with Gasteiger partial charge in [-0.25, -0.2) is 4.79 Å². The van der Waals surface area contributed by atoms with Gasteiger partial charge in [-0.2, -0.15) is 0 Å². The van der Waals surface area contributed by atoms with Gasteiger partial charge in [0.05, 0.1) is 12.6 Å². The number of hydrogen-bond acceptors (Lipinski definition) is 5. The number of carbonyl (C=O) groups excluding carboxylic acids is 2. The molecule has 156 valence electrons. The van der Waals surface area contributed by atoms with Crippen LogP contribution in [0.15, 0.2) is 48.5 Å². The summed E-state index contributed by atoms with van der Waals surface area (Å²) in [5, 5.41) is 2.99. The molecule has 0 saturated heterocycles. The van der Waals surface area contributed by atoms with Crippen LogP contribution in [0.5, 0.6) is 5.75 Å². The average molecular weight is 399 g/mol. The maximum atomic E-state index is 12.6. The standard InChI is InChI=1S/C23H30N2O4/c1-5-17-10-12-18(13-11-17)21(25(3)4)15-24-23(27)19-8-7-9-20(14-19)29-16-22(26)28-6-2/h7-14,21H,5-6,15-16H2,1-4H3,(H,24,27)/t21-/m0/s1. The van der Waals surface area contributed by atoms with E-state index in [1.807, 2.05) is 14.1 Å². The number of carbonyl (C=O) groups is 2. The van der Waals surface area contributed by atoms with E-state index in [1.54, 1.807) is 31.2 Å². The summed E-state index contributed by atoms with van der Waals surface area (Å²) < 4.78 is 10.2. The second-order valence-electron chi connectivity index (χ2n) is 6.91. The van der Waals surface area contributed by atoms with Gasteiger partial charge in [-0.15, -0.1) is 0 Å². The number of nitrogens with one attached hydrogen (secondary N) is 1. The average Bonchev–Trinajstić information content (AvgIpc) is 2.73. The molecule has 0 radical (unpaired) electrons. The lowest BCUT2D eigenvalue weighted by Gasteiger charge is -2.25. The second-order valence-corrected chi connectivity index (χ2v) is 6.91. The number of likely N-dealkylation sites (N-methyl/N-ethyl adjacent to an activating group) is 1. The van der Waals surface area contributed by atoms with Gasteiger partial charge in [0.2, 0.25) is 0 Å². The van der Waals surface area contributed by atoms with Gasteiger partial charge in [0.25, 0.3) is 5.91 Å². The molecule has 2 aromatic rings. The van der Waals surface area contributed by atoms with Crippen LogP contribution < -0.4 is 10.1 Å². The van der Waals surface area contributed by atoms with Gasteiger partial charge in [0.15, 0.2) is 6.61 Å². The van der Waals surface area contributed by atoms with E-state index in [0.29, 0.717) is 24.5 Å². The Labute approximate surface area is 172 Å². The van der Waals surface area contributed by atoms with E-state index in [9.17, 15) is 9.59 Å². The van der Waals surface area contributed by atoms with Gasteiger partial charge < -0.3 is 19.7 Å². The van der Waals surface area contributed by atoms with Crippen molar-refractivity contribution in [3.63, 3.8) is 0 Å². The van der Waals surface area contributed by atoms with Crippen molar-refractivity contribution in [3.8, 4) is 5.75 Å². The van der Waals surface area contributed by atoms with Crippen LogP contribution in [0.3, 0.4) is 0 Å². The molecule has 6 nitrogen and oxygen atoms in total. The van der Waals surface area contributed by atoms with Crippen molar-refractivity contribution in [2.45, 2.75) is 26.3 Å². The van der Waals surface area contributed by atoms with Gasteiger partial charge in [0.1, 0.15) is 5.75 Å². The Kier molecular flexibility index (Phi) is 8.68. The molecule has 0 spiro atoms. The molecule has 0 aromatic heterocycles. The number of amides is 1. The second kappa shape index (κ2) is 11.2. The lowest BCUT2D eigenvalue weighted by Crippen LogP contribution is -2.34. The molecule has 1 amide bonds. The van der Waals surface area contributed by atoms with E-state index >= 15 is 0 Å². The maximum absolute atomic E-state index is 12.6. The van der Waals surface area contributed by atoms with Crippen LogP contribution in [0.4, 0.5) is 0 Å². The molecule has 29 heavy (non-hydrogen) atoms. The van der Waals surface area contributed by atoms with E-state index < -0.39 is 5.97 Å². The molecule has 2 aromatic carbocycles. The van der Waals surface area contributed by atoms with Crippen molar-refractivity contribution in [3.05, 3.63) is 65.2 Å². The third kappa shape index (κ3) is 6.91. The van der Waals surface area contributed by atoms with Crippen LogP contribution in [0.1, 0.15) is 41.4 Å². The molecule has 0 bridgehead atoms. The first-order valence-electron chi connectivity index (χ1n) is 9.86. The van der Waals surface area contributed by atoms with E-state index in [2.05, 4.69) is 41.4 Å². The molecular formula is C23H30N2O4. The highest BCUT2D eigenvalue weighted by Gasteiger charge is 2.16. The largest absolute Gasteiger partial charge is 0.482 e. The van der Waals surface area contributed by atoms with Crippen molar-refractivity contribution in [1.29, 1.82) is 0 Å². The molecule has 0 heterocycles. The van der Waals surface area contributed by atoms with Crippen molar-refractivity contribution < 1.29 is 19.1 Å². The van der Waals surface area contributed by atoms with Crippen molar-refractivity contribution in [2.75, 3.05) is 33.9 Å². The van der Waals surface area contributed by atoms with E-state index in [0.717, 1.165) is 12.0 Å². The molecule has 0 unspecified atom stereocenters. The Bertz CT molecular complexity index is 803. The number of rotatable bonds is 10. The van der Waals surface area contributed by atoms with E-state index in [4.69, 9.17) is 9.47 Å². The third-order valence-corrected chi connectivity index (χ3v) is 4.61. The molecule has 1 N–H and O–H groups in total. The molecule has 0 fully saturated rings. The number of benzene rings is 2. The van der Waals surface area contributed by atoms with Gasteiger partial charge in [-0.1, -0.05) is 37.3 Å². The number of hydrogen-bond donors (Lipinski definition) is 1. The highest BCUT2D eigenvalue weighted by molar-refractivity contribution is 5.94. The first kappa shape index (κ1) is 22.4. The van der Waals surface area contributed by atoms with Gasteiger partial charge in [-0.3, -0.25) is 4.79 Å². The quantitative estimate of drug-likeness (QED) is 0.623. The molecule has 0 aliphatic rings. The van der Waals surface area contributed by atoms with Crippen LogP contribution >= 0.6 is 0 Å². The lowest BCUT2D eigenvalue weighted by atomic mass is 10.0. The van der Waals surface area contributed by atoms with Gasteiger partial charge in [-0.05, 0) is 56.8 Å². The Balaban J connectivity index is 1.99. The summed E-state index contributed by atoms with van der Waals surface area (Å²) in [6, 6.07) is 15.3. The zero-order valence-corrected chi connectivity index (χ0v) is 17.6. The summed E-state index contributed by atoms with van der Waals surface area (Å²) >= 11 is 0. The highest BCUT2D eigenvalue weighted by atomic mass is 16.6. The van der Waals surface area contributed by atoms with Crippen LogP contribution in [-0.4, -0.2) is 50.6 Å². The van der Waals surface area contributed by atoms with E-state index in [-0.39, 0.29) is 18.6 Å². The molecule has 0 aliphatic carbocycles. The summed E-state index contributed by atoms with van der Waals surface area (Å²) in [6.07, 6.45) is 0.998. The molecule has 0 saturated carbocycles. The van der Waals surface area contributed by atoms with Crippen LogP contribution in [0.2, 0.25) is 0 Å². The van der Waals surface area contributed by atoms with Crippen molar-refractivity contribution >= 4 is 11.9 Å². The first-order valence-corrected chi connectivity index (χ1v) is 9.86. The summed E-state index contributed by atoms with van der Waals surface area (Å²) in [5.41, 5.74) is 2.92. The topological polar surface area (TPSA) is 67.9 Å². The Morgan fingerprint density at radius 3 is 2.41 bits per heavy atom. The molecule has 6 heteroatoms. The lowest BCUT2D eigenvalue weighted by molar-refractivity contribution is -0.145. The smallest absolute Gasteiger partial charge is 0.344 e. The monoisotopic (exact) mass is 398 g/mol. The van der Waals surface area contributed by atoms with Crippen LogP contribution in [0, 0.1) is 0 Å². The first-order chi connectivity index (χ1) is 13.9. The fourth-order valence-electron chi connectivity index (χ4n) is 2.94. The Morgan fingerprint density at radius 2 is 1.79 bits per heavy atom. The van der Waals surface area contributed by atoms with Crippen molar-refractivity contribution in [2.24, 2.45) is 0 Å². The number of ether oxygens (including phenoxy) is 2. The number of esters is 1. The predicted octanol–water partition coefficient (Wildman–Crippen LogP) is 3.22. The minimum atomic E-state index is -0.440. The highest BCUT2D eigenvalue weighted by Crippen LogP contribution is 2.19. The minimum Gasteiger partial charge on any atom is -0.482 e. The fourth-order valence-corrected chi connectivity index (χ4v) is 2.94.